The summed E-state index contributed by atoms with van der Waals surface area (Å²) in [4.78, 5) is 0. The van der Waals surface area contributed by atoms with Gasteiger partial charge in [0.2, 0.25) is 0 Å². The molecule has 0 radical (unpaired) electrons. The van der Waals surface area contributed by atoms with Crippen LogP contribution >= 0.6 is 0 Å². The molecule has 2 N–H and O–H groups in total. The van der Waals surface area contributed by atoms with E-state index in [1.54, 1.807) is 6.07 Å². The first kappa shape index (κ1) is 11.9. The Morgan fingerprint density at radius 2 is 2.06 bits per heavy atom. The molecule has 0 aliphatic heterocycles. The highest BCUT2D eigenvalue weighted by Gasteiger charge is 2.21. The summed E-state index contributed by atoms with van der Waals surface area (Å²) in [6.07, 6.45) is 5.06. The lowest BCUT2D eigenvalue weighted by Crippen LogP contribution is -2.32. The van der Waals surface area contributed by atoms with Crippen LogP contribution in [0.2, 0.25) is 0 Å². The second-order valence-electron chi connectivity index (χ2n) is 4.65. The van der Waals surface area contributed by atoms with Gasteiger partial charge in [0.25, 0.3) is 0 Å². The predicted octanol–water partition coefficient (Wildman–Crippen LogP) is 2.66. The van der Waals surface area contributed by atoms with Crippen LogP contribution in [0.4, 0.5) is 5.69 Å². The van der Waals surface area contributed by atoms with Crippen molar-refractivity contribution in [1.29, 1.82) is 5.26 Å². The molecule has 90 valence electrons. The largest absolute Gasteiger partial charge is 0.391 e. The average Bonchev–Trinajstić information content (AvgIpc) is 2.55. The van der Waals surface area contributed by atoms with E-state index >= 15 is 0 Å². The lowest BCUT2D eigenvalue weighted by atomic mass is 10.1. The number of aliphatic hydroxyl groups is 1. The van der Waals surface area contributed by atoms with Crippen LogP contribution in [0.3, 0.4) is 0 Å². The Hall–Kier alpha value is -1.53. The van der Waals surface area contributed by atoms with Crippen molar-refractivity contribution in [3.63, 3.8) is 0 Å². The number of nitrogens with zero attached hydrogens (tertiary/aromatic N) is 1. The molecule has 1 fully saturated rings. The summed E-state index contributed by atoms with van der Waals surface area (Å²) >= 11 is 0. The van der Waals surface area contributed by atoms with Crippen LogP contribution in [0.5, 0.6) is 0 Å². The maximum Gasteiger partial charge on any atom is 0.0992 e. The lowest BCUT2D eigenvalue weighted by Gasteiger charge is -2.22. The van der Waals surface area contributed by atoms with Gasteiger partial charge in [-0.25, -0.2) is 0 Å². The monoisotopic (exact) mass is 230 g/mol. The van der Waals surface area contributed by atoms with Crippen molar-refractivity contribution in [2.75, 3.05) is 5.32 Å². The van der Waals surface area contributed by atoms with Gasteiger partial charge in [0.1, 0.15) is 0 Å². The van der Waals surface area contributed by atoms with Gasteiger partial charge in [0, 0.05) is 5.69 Å². The topological polar surface area (TPSA) is 56.0 Å². The fourth-order valence-electron chi connectivity index (χ4n) is 2.35. The van der Waals surface area contributed by atoms with Crippen LogP contribution in [-0.2, 0) is 0 Å². The van der Waals surface area contributed by atoms with E-state index in [1.165, 1.54) is 6.42 Å². The number of rotatable bonds is 2. The van der Waals surface area contributed by atoms with Crippen molar-refractivity contribution in [2.24, 2.45) is 0 Å². The zero-order valence-electron chi connectivity index (χ0n) is 9.89. The van der Waals surface area contributed by atoms with Crippen LogP contribution < -0.4 is 5.32 Å². The first-order chi connectivity index (χ1) is 8.29. The van der Waals surface area contributed by atoms with Gasteiger partial charge in [0.15, 0.2) is 0 Å². The number of benzene rings is 1. The molecule has 17 heavy (non-hydrogen) atoms. The summed E-state index contributed by atoms with van der Waals surface area (Å²) in [5.74, 6) is 0. The Kier molecular flexibility index (Phi) is 4.00. The van der Waals surface area contributed by atoms with Crippen LogP contribution in [-0.4, -0.2) is 17.3 Å². The van der Waals surface area contributed by atoms with E-state index in [1.807, 2.05) is 18.2 Å². The van der Waals surface area contributed by atoms with Crippen LogP contribution in [0.15, 0.2) is 24.3 Å². The van der Waals surface area contributed by atoms with Crippen LogP contribution in [0.1, 0.15) is 37.7 Å². The maximum absolute atomic E-state index is 10.0. The molecule has 0 spiro atoms. The third-order valence-corrected chi connectivity index (χ3v) is 3.32. The van der Waals surface area contributed by atoms with Gasteiger partial charge >= 0.3 is 0 Å². The number of nitriles is 1. The highest BCUT2D eigenvalue weighted by molar-refractivity contribution is 5.49. The minimum atomic E-state index is -0.275. The van der Waals surface area contributed by atoms with E-state index in [-0.39, 0.29) is 12.1 Å². The average molecular weight is 230 g/mol. The standard InChI is InChI=1S/C14H18N2O/c15-10-11-5-4-6-12(9-11)16-13-7-2-1-3-8-14(13)17/h4-6,9,13-14,16-17H,1-3,7-8H2. The van der Waals surface area contributed by atoms with E-state index in [9.17, 15) is 5.11 Å². The normalized spacial score (nSPS) is 24.7. The molecule has 2 rings (SSSR count). The summed E-state index contributed by atoms with van der Waals surface area (Å²) in [5.41, 5.74) is 1.58. The Labute approximate surface area is 102 Å². The summed E-state index contributed by atoms with van der Waals surface area (Å²) in [5, 5.41) is 22.2. The van der Waals surface area contributed by atoms with Gasteiger partial charge in [-0.05, 0) is 31.0 Å². The molecular formula is C14H18N2O. The van der Waals surface area contributed by atoms with Gasteiger partial charge < -0.3 is 10.4 Å². The number of nitrogens with one attached hydrogen (secondary N) is 1. The fourth-order valence-corrected chi connectivity index (χ4v) is 2.35. The first-order valence-corrected chi connectivity index (χ1v) is 6.24. The minimum absolute atomic E-state index is 0.117. The van der Waals surface area contributed by atoms with Crippen molar-refractivity contribution in [3.8, 4) is 6.07 Å². The lowest BCUT2D eigenvalue weighted by molar-refractivity contribution is 0.144. The minimum Gasteiger partial charge on any atom is -0.391 e. The molecule has 0 heterocycles. The Morgan fingerprint density at radius 3 is 2.88 bits per heavy atom. The number of anilines is 1. The quantitative estimate of drug-likeness (QED) is 0.768. The summed E-state index contributed by atoms with van der Waals surface area (Å²) < 4.78 is 0. The van der Waals surface area contributed by atoms with Crippen molar-refractivity contribution in [2.45, 2.75) is 44.2 Å². The molecule has 1 aliphatic carbocycles. The van der Waals surface area contributed by atoms with E-state index in [0.29, 0.717) is 5.56 Å². The summed E-state index contributed by atoms with van der Waals surface area (Å²) in [6.45, 7) is 0. The third kappa shape index (κ3) is 3.21. The molecule has 0 bridgehead atoms. The first-order valence-electron chi connectivity index (χ1n) is 6.24. The Morgan fingerprint density at radius 1 is 1.24 bits per heavy atom. The summed E-state index contributed by atoms with van der Waals surface area (Å²) in [7, 11) is 0. The molecule has 3 heteroatoms. The predicted molar refractivity (Wildman–Crippen MR) is 67.7 cm³/mol. The summed E-state index contributed by atoms with van der Waals surface area (Å²) in [6, 6.07) is 9.67. The smallest absolute Gasteiger partial charge is 0.0992 e. The van der Waals surface area contributed by atoms with Crippen molar-refractivity contribution < 1.29 is 5.11 Å². The van der Waals surface area contributed by atoms with E-state index in [2.05, 4.69) is 11.4 Å². The van der Waals surface area contributed by atoms with Crippen LogP contribution in [0.25, 0.3) is 0 Å². The second-order valence-corrected chi connectivity index (χ2v) is 4.65. The molecule has 0 aromatic heterocycles. The second kappa shape index (κ2) is 5.70. The van der Waals surface area contributed by atoms with Crippen molar-refractivity contribution in [3.05, 3.63) is 29.8 Å². The Balaban J connectivity index is 2.05. The highest BCUT2D eigenvalue weighted by atomic mass is 16.3. The fraction of sp³-hybridized carbons (Fsp3) is 0.500. The molecule has 0 amide bonds. The number of aliphatic hydroxyl groups excluding tert-OH is 1. The van der Waals surface area contributed by atoms with Crippen molar-refractivity contribution in [1.82, 2.24) is 0 Å². The maximum atomic E-state index is 10.0. The zero-order chi connectivity index (χ0) is 12.1. The third-order valence-electron chi connectivity index (χ3n) is 3.32. The van der Waals surface area contributed by atoms with E-state index in [4.69, 9.17) is 5.26 Å². The van der Waals surface area contributed by atoms with Gasteiger partial charge in [-0.15, -0.1) is 0 Å². The van der Waals surface area contributed by atoms with E-state index < -0.39 is 0 Å². The molecule has 1 aromatic rings. The van der Waals surface area contributed by atoms with Gasteiger partial charge in [0.05, 0.1) is 23.8 Å². The molecule has 1 aliphatic rings. The molecule has 0 saturated heterocycles. The Bertz CT molecular complexity index is 411. The van der Waals surface area contributed by atoms with Crippen molar-refractivity contribution >= 4 is 5.69 Å². The highest BCUT2D eigenvalue weighted by Crippen LogP contribution is 2.22. The zero-order valence-corrected chi connectivity index (χ0v) is 9.89. The van der Waals surface area contributed by atoms with Gasteiger partial charge in [-0.1, -0.05) is 25.3 Å². The SMILES string of the molecule is N#Cc1cccc(NC2CCCCCC2O)c1. The number of hydrogen-bond donors (Lipinski definition) is 2. The molecule has 1 aromatic carbocycles. The van der Waals surface area contributed by atoms with Gasteiger partial charge in [-0.2, -0.15) is 5.26 Å². The number of hydrogen-bond acceptors (Lipinski definition) is 3. The molecule has 3 nitrogen and oxygen atoms in total. The van der Waals surface area contributed by atoms with Crippen LogP contribution in [0, 0.1) is 11.3 Å². The van der Waals surface area contributed by atoms with E-state index in [0.717, 1.165) is 31.4 Å². The molecule has 2 atom stereocenters. The molecule has 2 unspecified atom stereocenters. The molecule has 1 saturated carbocycles. The van der Waals surface area contributed by atoms with Gasteiger partial charge in [-0.3, -0.25) is 0 Å². The molecular weight excluding hydrogens is 212 g/mol.